The lowest BCUT2D eigenvalue weighted by Gasteiger charge is -2.29. The van der Waals surface area contributed by atoms with Gasteiger partial charge in [-0.25, -0.2) is 4.79 Å². The number of hydrogen-bond acceptors (Lipinski definition) is 2. The first-order valence-electron chi connectivity index (χ1n) is 7.75. The molecule has 0 saturated heterocycles. The van der Waals surface area contributed by atoms with Gasteiger partial charge in [0.1, 0.15) is 0 Å². The number of hydrogen-bond donors (Lipinski definition) is 2. The van der Waals surface area contributed by atoms with Crippen LogP contribution in [0.4, 0.5) is 0 Å². The Morgan fingerprint density at radius 3 is 2.09 bits per heavy atom. The van der Waals surface area contributed by atoms with Gasteiger partial charge in [-0.05, 0) is 68.2 Å². The van der Waals surface area contributed by atoms with Crippen LogP contribution >= 0.6 is 0 Å². The zero-order chi connectivity index (χ0) is 16.9. The summed E-state index contributed by atoms with van der Waals surface area (Å²) in [5.74, 6) is -0.242. The third kappa shape index (κ3) is 5.17. The van der Waals surface area contributed by atoms with E-state index in [0.29, 0.717) is 17.4 Å². The van der Waals surface area contributed by atoms with E-state index < -0.39 is 11.9 Å². The number of carbonyl (C=O) groups is 2. The lowest BCUT2D eigenvalue weighted by molar-refractivity contribution is -0.143. The monoisotopic (exact) mass is 306 g/mol. The third-order valence-corrected chi connectivity index (χ3v) is 4.70. The fourth-order valence-corrected chi connectivity index (χ4v) is 2.65. The van der Waals surface area contributed by atoms with Crippen LogP contribution in [0.2, 0.25) is 0 Å². The number of benzene rings is 1. The molecule has 3 unspecified atom stereocenters. The quantitative estimate of drug-likeness (QED) is 0.861. The highest BCUT2D eigenvalue weighted by molar-refractivity contribution is 5.87. The van der Waals surface area contributed by atoms with Crippen LogP contribution in [0.5, 0.6) is 0 Å². The van der Waals surface area contributed by atoms with Gasteiger partial charge in [-0.15, -0.1) is 0 Å². The highest BCUT2D eigenvalue weighted by Gasteiger charge is 2.28. The first kappa shape index (κ1) is 18.2. The van der Waals surface area contributed by atoms with Gasteiger partial charge >= 0.3 is 11.9 Å². The lowest BCUT2D eigenvalue weighted by atomic mass is 9.76. The summed E-state index contributed by atoms with van der Waals surface area (Å²) in [6.07, 6.45) is 2.83. The topological polar surface area (TPSA) is 74.6 Å². The van der Waals surface area contributed by atoms with Crippen molar-refractivity contribution in [2.24, 2.45) is 17.8 Å². The largest absolute Gasteiger partial charge is 0.481 e. The molecule has 0 aromatic heterocycles. The SMILES string of the molecule is CC1CCC(C(=O)O)CC1C.Cc1ccc(C(=O)O)cc1C. The number of aromatic carboxylic acids is 1. The molecule has 1 aromatic rings. The molecule has 0 amide bonds. The highest BCUT2D eigenvalue weighted by atomic mass is 16.4. The van der Waals surface area contributed by atoms with Crippen LogP contribution in [0.3, 0.4) is 0 Å². The van der Waals surface area contributed by atoms with Gasteiger partial charge in [0, 0.05) is 0 Å². The van der Waals surface area contributed by atoms with Gasteiger partial charge in [0.2, 0.25) is 0 Å². The van der Waals surface area contributed by atoms with Crippen molar-refractivity contribution in [1.82, 2.24) is 0 Å². The minimum absolute atomic E-state index is 0.0683. The Hall–Kier alpha value is -1.84. The normalized spacial score (nSPS) is 24.1. The molecule has 1 aliphatic rings. The Balaban J connectivity index is 0.000000220. The van der Waals surface area contributed by atoms with E-state index in [-0.39, 0.29) is 5.92 Å². The molecule has 0 spiro atoms. The van der Waals surface area contributed by atoms with E-state index >= 15 is 0 Å². The number of aryl methyl sites for hydroxylation is 2. The van der Waals surface area contributed by atoms with Crippen LogP contribution in [-0.2, 0) is 4.79 Å². The predicted molar refractivity (Wildman–Crippen MR) is 86.2 cm³/mol. The molecule has 1 aliphatic carbocycles. The van der Waals surface area contributed by atoms with Gasteiger partial charge in [-0.3, -0.25) is 4.79 Å². The molecule has 4 heteroatoms. The zero-order valence-electron chi connectivity index (χ0n) is 13.8. The molecule has 3 atom stereocenters. The van der Waals surface area contributed by atoms with Crippen molar-refractivity contribution in [3.63, 3.8) is 0 Å². The maximum Gasteiger partial charge on any atom is 0.335 e. The minimum atomic E-state index is -0.867. The maximum absolute atomic E-state index is 10.6. The first-order chi connectivity index (χ1) is 10.2. The van der Waals surface area contributed by atoms with Crippen molar-refractivity contribution in [1.29, 1.82) is 0 Å². The molecule has 1 fully saturated rings. The van der Waals surface area contributed by atoms with E-state index in [0.717, 1.165) is 30.4 Å². The molecule has 0 bridgehead atoms. The summed E-state index contributed by atoms with van der Waals surface area (Å²) in [5, 5.41) is 17.3. The molecule has 2 rings (SSSR count). The second-order valence-corrected chi connectivity index (χ2v) is 6.41. The molecule has 1 saturated carbocycles. The molecule has 0 aliphatic heterocycles. The molecule has 2 N–H and O–H groups in total. The lowest BCUT2D eigenvalue weighted by Crippen LogP contribution is -2.25. The number of aliphatic carboxylic acids is 1. The summed E-state index contributed by atoms with van der Waals surface area (Å²) in [5.41, 5.74) is 2.49. The summed E-state index contributed by atoms with van der Waals surface area (Å²) < 4.78 is 0. The smallest absolute Gasteiger partial charge is 0.335 e. The fraction of sp³-hybridized carbons (Fsp3) is 0.556. The van der Waals surface area contributed by atoms with Gasteiger partial charge in [0.05, 0.1) is 11.5 Å². The molecule has 1 aromatic carbocycles. The van der Waals surface area contributed by atoms with Crippen LogP contribution in [0.25, 0.3) is 0 Å². The van der Waals surface area contributed by atoms with Crippen molar-refractivity contribution in [2.75, 3.05) is 0 Å². The van der Waals surface area contributed by atoms with Crippen molar-refractivity contribution in [3.05, 3.63) is 34.9 Å². The van der Waals surface area contributed by atoms with Gasteiger partial charge in [-0.1, -0.05) is 19.9 Å². The first-order valence-corrected chi connectivity index (χ1v) is 7.75. The number of carboxylic acid groups (broad SMARTS) is 2. The minimum Gasteiger partial charge on any atom is -0.481 e. The second-order valence-electron chi connectivity index (χ2n) is 6.41. The molecule has 22 heavy (non-hydrogen) atoms. The third-order valence-electron chi connectivity index (χ3n) is 4.70. The average Bonchev–Trinajstić information content (AvgIpc) is 2.45. The average molecular weight is 306 g/mol. The van der Waals surface area contributed by atoms with Crippen molar-refractivity contribution >= 4 is 11.9 Å². The molecular weight excluding hydrogens is 280 g/mol. The Kier molecular flexibility index (Phi) is 6.60. The van der Waals surface area contributed by atoms with E-state index in [2.05, 4.69) is 13.8 Å². The summed E-state index contributed by atoms with van der Waals surface area (Å²) in [7, 11) is 0. The number of carboxylic acids is 2. The molecule has 0 heterocycles. The predicted octanol–water partition coefficient (Wildman–Crippen LogP) is 4.14. The summed E-state index contributed by atoms with van der Waals surface area (Å²) in [6, 6.07) is 5.11. The van der Waals surface area contributed by atoms with Gasteiger partial charge in [-0.2, -0.15) is 0 Å². The summed E-state index contributed by atoms with van der Waals surface area (Å²) in [6.45, 7) is 8.23. The van der Waals surface area contributed by atoms with Crippen molar-refractivity contribution < 1.29 is 19.8 Å². The van der Waals surface area contributed by atoms with Crippen molar-refractivity contribution in [3.8, 4) is 0 Å². The summed E-state index contributed by atoms with van der Waals surface area (Å²) >= 11 is 0. The van der Waals surface area contributed by atoms with E-state index in [1.165, 1.54) is 0 Å². The van der Waals surface area contributed by atoms with Crippen LogP contribution in [0.15, 0.2) is 18.2 Å². The van der Waals surface area contributed by atoms with E-state index in [4.69, 9.17) is 10.2 Å². The van der Waals surface area contributed by atoms with E-state index in [9.17, 15) is 9.59 Å². The standard InChI is InChI=1S/C9H16O2.C9H10O2/c2*1-6-3-4-8(9(10)11)5-7(6)2/h6-8H,3-5H2,1-2H3,(H,10,11);3-5H,1-2H3,(H,10,11). The van der Waals surface area contributed by atoms with Crippen LogP contribution < -0.4 is 0 Å². The highest BCUT2D eigenvalue weighted by Crippen LogP contribution is 2.33. The number of rotatable bonds is 2. The molecular formula is C18H26O4. The maximum atomic E-state index is 10.6. The zero-order valence-corrected chi connectivity index (χ0v) is 13.8. The Morgan fingerprint density at radius 2 is 1.64 bits per heavy atom. The van der Waals surface area contributed by atoms with Crippen LogP contribution in [0.1, 0.15) is 54.6 Å². The van der Waals surface area contributed by atoms with Crippen molar-refractivity contribution in [2.45, 2.75) is 47.0 Å². The second kappa shape index (κ2) is 7.97. The van der Waals surface area contributed by atoms with Crippen LogP contribution in [0, 0.1) is 31.6 Å². The Morgan fingerprint density at radius 1 is 1.00 bits per heavy atom. The fourth-order valence-electron chi connectivity index (χ4n) is 2.65. The Labute approximate surface area is 132 Å². The van der Waals surface area contributed by atoms with Gasteiger partial charge in [0.25, 0.3) is 0 Å². The molecule has 122 valence electrons. The van der Waals surface area contributed by atoms with Crippen LogP contribution in [-0.4, -0.2) is 22.2 Å². The van der Waals surface area contributed by atoms with E-state index in [1.54, 1.807) is 12.1 Å². The Bertz CT molecular complexity index is 536. The van der Waals surface area contributed by atoms with Gasteiger partial charge in [0.15, 0.2) is 0 Å². The summed E-state index contributed by atoms with van der Waals surface area (Å²) in [4.78, 5) is 21.1. The molecule has 0 radical (unpaired) electrons. The van der Waals surface area contributed by atoms with E-state index in [1.807, 2.05) is 19.9 Å². The molecule has 4 nitrogen and oxygen atoms in total. The van der Waals surface area contributed by atoms with Gasteiger partial charge < -0.3 is 10.2 Å².